The maximum Gasteiger partial charge on any atom is 0.244 e. The molecule has 0 fully saturated rings. The normalized spacial score (nSPS) is 16.0. The molecule has 5 heteroatoms. The first-order chi connectivity index (χ1) is 11.7. The van der Waals surface area contributed by atoms with Crippen molar-refractivity contribution in [3.63, 3.8) is 0 Å². The van der Waals surface area contributed by atoms with Gasteiger partial charge >= 0.3 is 0 Å². The lowest BCUT2D eigenvalue weighted by molar-refractivity contribution is -0.116. The molecule has 0 spiro atoms. The molecule has 0 radical (unpaired) electrons. The van der Waals surface area contributed by atoms with Crippen molar-refractivity contribution in [3.8, 4) is 17.2 Å². The van der Waals surface area contributed by atoms with E-state index in [1.165, 1.54) is 6.08 Å². The van der Waals surface area contributed by atoms with Gasteiger partial charge in [0, 0.05) is 6.08 Å². The first-order valence-corrected chi connectivity index (χ1v) is 7.73. The summed E-state index contributed by atoms with van der Waals surface area (Å²) in [7, 11) is 1.61. The monoisotopic (exact) mass is 325 g/mol. The Hall–Kier alpha value is -2.95. The van der Waals surface area contributed by atoms with Crippen molar-refractivity contribution in [1.82, 2.24) is 5.32 Å². The zero-order valence-corrected chi connectivity index (χ0v) is 13.4. The highest BCUT2D eigenvalue weighted by atomic mass is 16.6. The number of rotatable bonds is 5. The van der Waals surface area contributed by atoms with Crippen LogP contribution in [0.5, 0.6) is 17.2 Å². The van der Waals surface area contributed by atoms with Crippen LogP contribution in [-0.2, 0) is 4.79 Å². The Kier molecular flexibility index (Phi) is 5.01. The fourth-order valence-electron chi connectivity index (χ4n) is 2.35. The summed E-state index contributed by atoms with van der Waals surface area (Å²) in [5.41, 5.74) is 0.899. The molecule has 2 aromatic carbocycles. The zero-order valence-electron chi connectivity index (χ0n) is 13.4. The van der Waals surface area contributed by atoms with Crippen LogP contribution in [0.4, 0.5) is 0 Å². The highest BCUT2D eigenvalue weighted by molar-refractivity contribution is 5.91. The maximum absolute atomic E-state index is 11.9. The van der Waals surface area contributed by atoms with Crippen LogP contribution in [0.2, 0.25) is 0 Å². The Morgan fingerprint density at radius 1 is 1.25 bits per heavy atom. The predicted octanol–water partition coefficient (Wildman–Crippen LogP) is 2.66. The largest absolute Gasteiger partial charge is 0.497 e. The number of benzene rings is 2. The summed E-state index contributed by atoms with van der Waals surface area (Å²) in [5, 5.41) is 2.82. The molecule has 0 saturated carbocycles. The first kappa shape index (κ1) is 15.9. The SMILES string of the molecule is COc1cccc(C=CC(=O)NCC2COc3ccccc3O2)c1. The van der Waals surface area contributed by atoms with E-state index < -0.39 is 0 Å². The number of ether oxygens (including phenoxy) is 3. The second-order valence-electron chi connectivity index (χ2n) is 5.35. The molecule has 124 valence electrons. The molecule has 1 atom stereocenters. The predicted molar refractivity (Wildman–Crippen MR) is 91.4 cm³/mol. The molecule has 1 heterocycles. The number of amides is 1. The fourth-order valence-corrected chi connectivity index (χ4v) is 2.35. The van der Waals surface area contributed by atoms with E-state index >= 15 is 0 Å². The highest BCUT2D eigenvalue weighted by Gasteiger charge is 2.20. The molecule has 5 nitrogen and oxygen atoms in total. The lowest BCUT2D eigenvalue weighted by Crippen LogP contribution is -2.40. The van der Waals surface area contributed by atoms with Gasteiger partial charge in [0.2, 0.25) is 5.91 Å². The van der Waals surface area contributed by atoms with E-state index in [1.807, 2.05) is 48.5 Å². The van der Waals surface area contributed by atoms with Gasteiger partial charge in [-0.3, -0.25) is 4.79 Å². The Morgan fingerprint density at radius 3 is 2.92 bits per heavy atom. The van der Waals surface area contributed by atoms with Gasteiger partial charge in [0.1, 0.15) is 18.5 Å². The molecule has 1 N–H and O–H groups in total. The van der Waals surface area contributed by atoms with Gasteiger partial charge < -0.3 is 19.5 Å². The van der Waals surface area contributed by atoms with E-state index in [2.05, 4.69) is 5.32 Å². The molecular formula is C19H19NO4. The highest BCUT2D eigenvalue weighted by Crippen LogP contribution is 2.30. The van der Waals surface area contributed by atoms with E-state index in [4.69, 9.17) is 14.2 Å². The Morgan fingerprint density at radius 2 is 2.08 bits per heavy atom. The molecule has 2 aromatic rings. The molecule has 1 amide bonds. The van der Waals surface area contributed by atoms with E-state index in [0.29, 0.717) is 18.9 Å². The molecule has 0 bridgehead atoms. The average Bonchev–Trinajstić information content (AvgIpc) is 2.64. The topological polar surface area (TPSA) is 56.8 Å². The van der Waals surface area contributed by atoms with Gasteiger partial charge in [0.05, 0.1) is 13.7 Å². The molecule has 1 aliphatic rings. The summed E-state index contributed by atoms with van der Waals surface area (Å²) in [4.78, 5) is 11.9. The smallest absolute Gasteiger partial charge is 0.244 e. The second-order valence-corrected chi connectivity index (χ2v) is 5.35. The summed E-state index contributed by atoms with van der Waals surface area (Å²) in [6.07, 6.45) is 3.03. The van der Waals surface area contributed by atoms with Gasteiger partial charge in [-0.05, 0) is 35.9 Å². The summed E-state index contributed by atoms with van der Waals surface area (Å²) in [6, 6.07) is 15.0. The number of hydrogen-bond donors (Lipinski definition) is 1. The summed E-state index contributed by atoms with van der Waals surface area (Å²) in [5.74, 6) is 2.01. The van der Waals surface area contributed by atoms with E-state index in [1.54, 1.807) is 13.2 Å². The summed E-state index contributed by atoms with van der Waals surface area (Å²) in [6.45, 7) is 0.798. The quantitative estimate of drug-likeness (QED) is 0.859. The Bertz CT molecular complexity index is 742. The fraction of sp³-hybridized carbons (Fsp3) is 0.211. The minimum Gasteiger partial charge on any atom is -0.497 e. The number of carbonyl (C=O) groups is 1. The van der Waals surface area contributed by atoms with Gasteiger partial charge in [-0.1, -0.05) is 24.3 Å². The zero-order chi connectivity index (χ0) is 16.8. The molecule has 0 aliphatic carbocycles. The van der Waals surface area contributed by atoms with Crippen LogP contribution in [0.25, 0.3) is 6.08 Å². The van der Waals surface area contributed by atoms with Crippen LogP contribution in [-0.4, -0.2) is 32.3 Å². The van der Waals surface area contributed by atoms with Gasteiger partial charge in [-0.25, -0.2) is 0 Å². The standard InChI is InChI=1S/C19H19NO4/c1-22-15-6-4-5-14(11-15)9-10-19(21)20-12-16-13-23-17-7-2-3-8-18(17)24-16/h2-11,16H,12-13H2,1H3,(H,20,21). The first-order valence-electron chi connectivity index (χ1n) is 7.73. The van der Waals surface area contributed by atoms with Crippen molar-refractivity contribution >= 4 is 12.0 Å². The minimum absolute atomic E-state index is 0.180. The lowest BCUT2D eigenvalue weighted by atomic mass is 10.2. The second kappa shape index (κ2) is 7.55. The number of carbonyl (C=O) groups excluding carboxylic acids is 1. The number of hydrogen-bond acceptors (Lipinski definition) is 4. The minimum atomic E-state index is -0.200. The van der Waals surface area contributed by atoms with Crippen LogP contribution >= 0.6 is 0 Å². The van der Waals surface area contributed by atoms with Crippen LogP contribution in [0.1, 0.15) is 5.56 Å². The molecule has 0 saturated heterocycles. The van der Waals surface area contributed by atoms with Crippen molar-refractivity contribution in [2.75, 3.05) is 20.3 Å². The molecule has 1 unspecified atom stereocenters. The third-order valence-corrected chi connectivity index (χ3v) is 3.59. The van der Waals surface area contributed by atoms with Gasteiger partial charge in [-0.15, -0.1) is 0 Å². The van der Waals surface area contributed by atoms with E-state index in [9.17, 15) is 4.79 Å². The number of para-hydroxylation sites is 2. The molecule has 3 rings (SSSR count). The lowest BCUT2D eigenvalue weighted by Gasteiger charge is -2.26. The maximum atomic E-state index is 11.9. The van der Waals surface area contributed by atoms with Crippen molar-refractivity contribution in [2.24, 2.45) is 0 Å². The van der Waals surface area contributed by atoms with Gasteiger partial charge in [0.15, 0.2) is 11.5 Å². The third kappa shape index (κ3) is 4.07. The van der Waals surface area contributed by atoms with Crippen molar-refractivity contribution in [2.45, 2.75) is 6.10 Å². The van der Waals surface area contributed by atoms with Crippen LogP contribution in [0.15, 0.2) is 54.6 Å². The Labute approximate surface area is 140 Å². The third-order valence-electron chi connectivity index (χ3n) is 3.59. The average molecular weight is 325 g/mol. The Balaban J connectivity index is 1.50. The van der Waals surface area contributed by atoms with Crippen LogP contribution in [0.3, 0.4) is 0 Å². The van der Waals surface area contributed by atoms with Crippen molar-refractivity contribution in [1.29, 1.82) is 0 Å². The number of methoxy groups -OCH3 is 1. The van der Waals surface area contributed by atoms with Gasteiger partial charge in [-0.2, -0.15) is 0 Å². The molecular weight excluding hydrogens is 306 g/mol. The molecule has 24 heavy (non-hydrogen) atoms. The van der Waals surface area contributed by atoms with Crippen molar-refractivity contribution < 1.29 is 19.0 Å². The van der Waals surface area contributed by atoms with E-state index in [0.717, 1.165) is 17.1 Å². The van der Waals surface area contributed by atoms with Gasteiger partial charge in [0.25, 0.3) is 0 Å². The summed E-state index contributed by atoms with van der Waals surface area (Å²) >= 11 is 0. The number of fused-ring (bicyclic) bond motifs is 1. The molecule has 1 aliphatic heterocycles. The summed E-state index contributed by atoms with van der Waals surface area (Å²) < 4.78 is 16.6. The number of nitrogens with one attached hydrogen (secondary N) is 1. The van der Waals surface area contributed by atoms with Crippen LogP contribution in [0, 0.1) is 0 Å². The van der Waals surface area contributed by atoms with E-state index in [-0.39, 0.29) is 12.0 Å². The molecule has 0 aromatic heterocycles. The van der Waals surface area contributed by atoms with Crippen molar-refractivity contribution in [3.05, 3.63) is 60.2 Å². The van der Waals surface area contributed by atoms with Crippen LogP contribution < -0.4 is 19.5 Å².